The lowest BCUT2D eigenvalue weighted by Crippen LogP contribution is -2.10. The lowest BCUT2D eigenvalue weighted by Gasteiger charge is -2.14. The van der Waals surface area contributed by atoms with Crippen molar-refractivity contribution in [1.82, 2.24) is 0 Å². The molecule has 138 valence electrons. The van der Waals surface area contributed by atoms with Crippen LogP contribution in [0.2, 0.25) is 0 Å². The fraction of sp³-hybridized carbons (Fsp3) is 0.318. The lowest BCUT2D eigenvalue weighted by atomic mass is 9.99. The highest BCUT2D eigenvalue weighted by molar-refractivity contribution is 5.81. The molecule has 0 fully saturated rings. The third-order valence-corrected chi connectivity index (χ3v) is 4.00. The quantitative estimate of drug-likeness (QED) is 0.399. The van der Waals surface area contributed by atoms with E-state index in [1.807, 2.05) is 24.3 Å². The topological polar surface area (TPSA) is 55.8 Å². The van der Waals surface area contributed by atoms with Crippen LogP contribution < -0.4 is 4.74 Å². The number of esters is 1. The second-order valence-corrected chi connectivity index (χ2v) is 5.97. The SMILES string of the molecule is C=CC(=O)OCCOc1cc(CCC)ccc1-c1ccc(CCO)cc1. The number of aliphatic hydroxyl groups is 1. The Morgan fingerprint density at radius 1 is 1.08 bits per heavy atom. The third-order valence-electron chi connectivity index (χ3n) is 4.00. The number of hydrogen-bond acceptors (Lipinski definition) is 4. The average molecular weight is 354 g/mol. The molecule has 0 aliphatic rings. The van der Waals surface area contributed by atoms with E-state index in [9.17, 15) is 4.79 Å². The monoisotopic (exact) mass is 354 g/mol. The van der Waals surface area contributed by atoms with Crippen molar-refractivity contribution >= 4 is 5.97 Å². The van der Waals surface area contributed by atoms with Crippen molar-refractivity contribution in [3.05, 3.63) is 66.2 Å². The lowest BCUT2D eigenvalue weighted by molar-refractivity contribution is -0.138. The summed E-state index contributed by atoms with van der Waals surface area (Å²) in [4.78, 5) is 11.1. The van der Waals surface area contributed by atoms with Gasteiger partial charge in [-0.3, -0.25) is 0 Å². The van der Waals surface area contributed by atoms with Gasteiger partial charge in [0.15, 0.2) is 0 Å². The summed E-state index contributed by atoms with van der Waals surface area (Å²) in [6.45, 7) is 6.12. The van der Waals surface area contributed by atoms with E-state index in [1.54, 1.807) is 0 Å². The first-order chi connectivity index (χ1) is 12.7. The second-order valence-electron chi connectivity index (χ2n) is 5.97. The molecule has 0 saturated carbocycles. The molecule has 0 heterocycles. The number of rotatable bonds is 10. The van der Waals surface area contributed by atoms with Crippen LogP contribution in [0.3, 0.4) is 0 Å². The zero-order valence-electron chi connectivity index (χ0n) is 15.2. The zero-order chi connectivity index (χ0) is 18.8. The zero-order valence-corrected chi connectivity index (χ0v) is 15.2. The predicted octanol–water partition coefficient (Wildman–Crippen LogP) is 3.95. The molecule has 26 heavy (non-hydrogen) atoms. The number of hydrogen-bond donors (Lipinski definition) is 1. The van der Waals surface area contributed by atoms with E-state index in [0.717, 1.165) is 41.4 Å². The molecular weight excluding hydrogens is 328 g/mol. The highest BCUT2D eigenvalue weighted by atomic mass is 16.6. The van der Waals surface area contributed by atoms with Gasteiger partial charge in [0, 0.05) is 18.2 Å². The summed E-state index contributed by atoms with van der Waals surface area (Å²) in [5, 5.41) is 9.05. The normalized spacial score (nSPS) is 10.4. The number of benzene rings is 2. The van der Waals surface area contributed by atoms with Crippen LogP contribution in [0.1, 0.15) is 24.5 Å². The molecule has 4 heteroatoms. The number of aliphatic hydroxyl groups excluding tert-OH is 1. The molecule has 0 atom stereocenters. The molecule has 0 radical (unpaired) electrons. The summed E-state index contributed by atoms with van der Waals surface area (Å²) >= 11 is 0. The van der Waals surface area contributed by atoms with Gasteiger partial charge in [0.25, 0.3) is 0 Å². The molecule has 0 amide bonds. The molecule has 4 nitrogen and oxygen atoms in total. The van der Waals surface area contributed by atoms with Gasteiger partial charge in [-0.15, -0.1) is 0 Å². The molecule has 1 N–H and O–H groups in total. The van der Waals surface area contributed by atoms with Gasteiger partial charge in [0.05, 0.1) is 0 Å². The maximum atomic E-state index is 11.1. The summed E-state index contributed by atoms with van der Waals surface area (Å²) < 4.78 is 10.9. The fourth-order valence-electron chi connectivity index (χ4n) is 2.70. The smallest absolute Gasteiger partial charge is 0.330 e. The van der Waals surface area contributed by atoms with Gasteiger partial charge in [-0.2, -0.15) is 0 Å². The van der Waals surface area contributed by atoms with Gasteiger partial charge in [-0.1, -0.05) is 56.3 Å². The first-order valence-electron chi connectivity index (χ1n) is 8.93. The van der Waals surface area contributed by atoms with Crippen molar-refractivity contribution in [3.63, 3.8) is 0 Å². The summed E-state index contributed by atoms with van der Waals surface area (Å²) in [5.41, 5.74) is 4.35. The van der Waals surface area contributed by atoms with Crippen LogP contribution in [0, 0.1) is 0 Å². The second kappa shape index (κ2) is 10.4. The van der Waals surface area contributed by atoms with Crippen molar-refractivity contribution < 1.29 is 19.4 Å². The molecule has 2 rings (SSSR count). The largest absolute Gasteiger partial charge is 0.489 e. The van der Waals surface area contributed by atoms with Crippen molar-refractivity contribution in [2.24, 2.45) is 0 Å². The Morgan fingerprint density at radius 3 is 2.46 bits per heavy atom. The number of carbonyl (C=O) groups excluding carboxylic acids is 1. The first-order valence-corrected chi connectivity index (χ1v) is 8.93. The van der Waals surface area contributed by atoms with E-state index in [1.165, 1.54) is 5.56 Å². The maximum Gasteiger partial charge on any atom is 0.330 e. The predicted molar refractivity (Wildman–Crippen MR) is 103 cm³/mol. The van der Waals surface area contributed by atoms with Gasteiger partial charge >= 0.3 is 5.97 Å². The minimum Gasteiger partial charge on any atom is -0.489 e. The van der Waals surface area contributed by atoms with Crippen molar-refractivity contribution in [2.45, 2.75) is 26.2 Å². The van der Waals surface area contributed by atoms with Crippen LogP contribution in [0.5, 0.6) is 5.75 Å². The van der Waals surface area contributed by atoms with Crippen LogP contribution >= 0.6 is 0 Å². The summed E-state index contributed by atoms with van der Waals surface area (Å²) in [7, 11) is 0. The third kappa shape index (κ3) is 5.74. The van der Waals surface area contributed by atoms with Gasteiger partial charge in [0.2, 0.25) is 0 Å². The Balaban J connectivity index is 2.17. The van der Waals surface area contributed by atoms with E-state index < -0.39 is 5.97 Å². The van der Waals surface area contributed by atoms with Crippen LogP contribution in [0.15, 0.2) is 55.1 Å². The average Bonchev–Trinajstić information content (AvgIpc) is 2.66. The maximum absolute atomic E-state index is 11.1. The van der Waals surface area contributed by atoms with E-state index in [-0.39, 0.29) is 19.8 Å². The van der Waals surface area contributed by atoms with Gasteiger partial charge in [-0.25, -0.2) is 4.79 Å². The minimum atomic E-state index is -0.451. The van der Waals surface area contributed by atoms with Gasteiger partial charge in [0.1, 0.15) is 19.0 Å². The highest BCUT2D eigenvalue weighted by Crippen LogP contribution is 2.31. The number of ether oxygens (including phenoxy) is 2. The highest BCUT2D eigenvalue weighted by Gasteiger charge is 2.09. The standard InChI is InChI=1S/C22H26O4/c1-3-5-18-8-11-20(19-9-6-17(7-10-19)12-13-23)21(16-18)25-14-15-26-22(24)4-2/h4,6-11,16,23H,2-3,5,12-15H2,1H3. The Kier molecular flexibility index (Phi) is 7.90. The molecule has 2 aromatic rings. The minimum absolute atomic E-state index is 0.142. The van der Waals surface area contributed by atoms with Crippen molar-refractivity contribution in [3.8, 4) is 16.9 Å². The van der Waals surface area contributed by atoms with Gasteiger partial charge in [-0.05, 0) is 35.6 Å². The summed E-state index contributed by atoms with van der Waals surface area (Å²) in [5.74, 6) is 0.327. The molecular formula is C22H26O4. The molecule has 2 aromatic carbocycles. The van der Waals surface area contributed by atoms with E-state index in [4.69, 9.17) is 14.6 Å². The van der Waals surface area contributed by atoms with Crippen LogP contribution in [0.25, 0.3) is 11.1 Å². The summed E-state index contributed by atoms with van der Waals surface area (Å²) in [6, 6.07) is 14.3. The molecule has 0 spiro atoms. The Hall–Kier alpha value is -2.59. The van der Waals surface area contributed by atoms with E-state index in [2.05, 4.69) is 31.7 Å². The van der Waals surface area contributed by atoms with E-state index in [0.29, 0.717) is 6.42 Å². The number of carbonyl (C=O) groups is 1. The van der Waals surface area contributed by atoms with E-state index >= 15 is 0 Å². The molecule has 0 bridgehead atoms. The molecule has 0 aromatic heterocycles. The fourth-order valence-corrected chi connectivity index (χ4v) is 2.70. The Morgan fingerprint density at radius 2 is 1.81 bits per heavy atom. The molecule has 0 saturated heterocycles. The van der Waals surface area contributed by atoms with Crippen molar-refractivity contribution in [2.75, 3.05) is 19.8 Å². The first kappa shape index (κ1) is 19.7. The Bertz CT molecular complexity index is 719. The molecule has 0 aliphatic carbocycles. The van der Waals surface area contributed by atoms with Gasteiger partial charge < -0.3 is 14.6 Å². The molecule has 0 aliphatic heterocycles. The number of aryl methyl sites for hydroxylation is 1. The molecule has 0 unspecified atom stereocenters. The van der Waals surface area contributed by atoms with Crippen LogP contribution in [-0.4, -0.2) is 30.9 Å². The Labute approximate surface area is 155 Å². The van der Waals surface area contributed by atoms with Crippen LogP contribution in [0.4, 0.5) is 0 Å². The summed E-state index contributed by atoms with van der Waals surface area (Å²) in [6.07, 6.45) is 3.83. The van der Waals surface area contributed by atoms with Crippen molar-refractivity contribution in [1.29, 1.82) is 0 Å². The van der Waals surface area contributed by atoms with Crippen LogP contribution in [-0.2, 0) is 22.4 Å².